The number of ether oxygens (including phenoxy) is 2. The van der Waals surface area contributed by atoms with Crippen LogP contribution in [-0.4, -0.2) is 0 Å². The molecule has 0 bridgehead atoms. The molecule has 0 spiro atoms. The summed E-state index contributed by atoms with van der Waals surface area (Å²) in [7, 11) is 0. The predicted octanol–water partition coefficient (Wildman–Crippen LogP) is 10.2. The number of hydrogen-bond acceptors (Lipinski definition) is 2. The Bertz CT molecular complexity index is 1740. The molecule has 0 saturated heterocycles. The number of fused-ring (bicyclic) bond motifs is 10. The average molecular weight is 487 g/mol. The molecule has 0 saturated carbocycles. The van der Waals surface area contributed by atoms with E-state index in [1.807, 2.05) is 24.3 Å². The van der Waals surface area contributed by atoms with Gasteiger partial charge in [-0.3, -0.25) is 0 Å². The standard InChI is InChI=1S/C36H22O2/c1-3-11-27-25(9-1)29-13-5-7-15-33(29)37-35-19-17-23(21-31(27)35)24-18-20-36-32(22-24)28-12-4-2-10-26(28)30-14-6-8-16-34(30)38-36/h1-22H. The molecule has 6 aromatic carbocycles. The summed E-state index contributed by atoms with van der Waals surface area (Å²) in [6.07, 6.45) is 0. The third kappa shape index (κ3) is 3.21. The highest BCUT2D eigenvalue weighted by Crippen LogP contribution is 2.50. The van der Waals surface area contributed by atoms with Crippen molar-refractivity contribution in [2.24, 2.45) is 0 Å². The van der Waals surface area contributed by atoms with E-state index < -0.39 is 0 Å². The lowest BCUT2D eigenvalue weighted by Crippen LogP contribution is -1.89. The summed E-state index contributed by atoms with van der Waals surface area (Å²) >= 11 is 0. The van der Waals surface area contributed by atoms with Gasteiger partial charge in [0, 0.05) is 22.3 Å². The minimum absolute atomic E-state index is 0.866. The van der Waals surface area contributed by atoms with Gasteiger partial charge in [-0.2, -0.15) is 0 Å². The molecule has 6 aromatic rings. The van der Waals surface area contributed by atoms with Crippen LogP contribution >= 0.6 is 0 Å². The van der Waals surface area contributed by atoms with E-state index in [0.29, 0.717) is 0 Å². The molecule has 0 aromatic heterocycles. The fourth-order valence-corrected chi connectivity index (χ4v) is 5.72. The smallest absolute Gasteiger partial charge is 0.135 e. The fraction of sp³-hybridized carbons (Fsp3) is 0. The zero-order valence-electron chi connectivity index (χ0n) is 20.5. The third-order valence-corrected chi connectivity index (χ3v) is 7.52. The Morgan fingerprint density at radius 2 is 0.579 bits per heavy atom. The largest absolute Gasteiger partial charge is 0.456 e. The molecule has 8 rings (SSSR count). The van der Waals surface area contributed by atoms with Crippen LogP contribution in [0, 0.1) is 0 Å². The molecular weight excluding hydrogens is 464 g/mol. The van der Waals surface area contributed by atoms with Crippen molar-refractivity contribution in [1.29, 1.82) is 0 Å². The van der Waals surface area contributed by atoms with Gasteiger partial charge in [0.25, 0.3) is 0 Å². The van der Waals surface area contributed by atoms with E-state index in [4.69, 9.17) is 9.47 Å². The molecule has 178 valence electrons. The molecule has 2 heterocycles. The summed E-state index contributed by atoms with van der Waals surface area (Å²) in [4.78, 5) is 0. The first-order valence-electron chi connectivity index (χ1n) is 12.9. The van der Waals surface area contributed by atoms with Gasteiger partial charge in [-0.1, -0.05) is 97.1 Å². The van der Waals surface area contributed by atoms with Crippen LogP contribution in [0.3, 0.4) is 0 Å². The number of para-hydroxylation sites is 2. The van der Waals surface area contributed by atoms with E-state index in [2.05, 4.69) is 109 Å². The summed E-state index contributed by atoms with van der Waals surface area (Å²) < 4.78 is 12.9. The molecule has 0 amide bonds. The van der Waals surface area contributed by atoms with Crippen LogP contribution in [0.5, 0.6) is 23.0 Å². The SMILES string of the molecule is c1ccc2c(c1)Oc1ccc(-c3ccc4c(c3)-c3ccccc3-c3ccccc3O4)cc1-c1ccccc1-2. The van der Waals surface area contributed by atoms with Gasteiger partial charge < -0.3 is 9.47 Å². The van der Waals surface area contributed by atoms with E-state index >= 15 is 0 Å². The van der Waals surface area contributed by atoms with Gasteiger partial charge in [0.05, 0.1) is 0 Å². The molecule has 2 nitrogen and oxygen atoms in total. The molecule has 0 atom stereocenters. The molecule has 0 fully saturated rings. The first kappa shape index (κ1) is 21.0. The first-order chi connectivity index (χ1) is 18.8. The molecule has 0 aliphatic carbocycles. The van der Waals surface area contributed by atoms with Crippen LogP contribution < -0.4 is 9.47 Å². The van der Waals surface area contributed by atoms with Crippen LogP contribution in [0.25, 0.3) is 55.6 Å². The van der Waals surface area contributed by atoms with Crippen molar-refractivity contribution in [2.75, 3.05) is 0 Å². The number of benzene rings is 6. The van der Waals surface area contributed by atoms with E-state index in [1.165, 1.54) is 22.3 Å². The highest BCUT2D eigenvalue weighted by molar-refractivity contribution is 5.94. The molecule has 0 radical (unpaired) electrons. The molecule has 2 aliphatic heterocycles. The van der Waals surface area contributed by atoms with Crippen LogP contribution in [0.1, 0.15) is 0 Å². The lowest BCUT2D eigenvalue weighted by atomic mass is 9.90. The Balaban J connectivity index is 1.30. The average Bonchev–Trinajstić information content (AvgIpc) is 3.21. The van der Waals surface area contributed by atoms with Gasteiger partial charge >= 0.3 is 0 Å². The van der Waals surface area contributed by atoms with Crippen molar-refractivity contribution in [3.05, 3.63) is 133 Å². The molecule has 2 heteroatoms. The molecule has 38 heavy (non-hydrogen) atoms. The second-order valence-corrected chi connectivity index (χ2v) is 9.71. The Morgan fingerprint density at radius 3 is 1.00 bits per heavy atom. The van der Waals surface area contributed by atoms with Crippen molar-refractivity contribution in [2.45, 2.75) is 0 Å². The van der Waals surface area contributed by atoms with Crippen molar-refractivity contribution in [1.82, 2.24) is 0 Å². The quantitative estimate of drug-likeness (QED) is 0.230. The number of hydrogen-bond donors (Lipinski definition) is 0. The zero-order chi connectivity index (χ0) is 25.1. The Kier molecular flexibility index (Phi) is 4.55. The summed E-state index contributed by atoms with van der Waals surface area (Å²) in [5, 5.41) is 0. The van der Waals surface area contributed by atoms with Crippen molar-refractivity contribution in [3.8, 4) is 78.6 Å². The summed E-state index contributed by atoms with van der Waals surface area (Å²) in [5.41, 5.74) is 11.4. The molecular formula is C36H22O2. The maximum Gasteiger partial charge on any atom is 0.135 e. The Labute approximate surface area is 221 Å². The predicted molar refractivity (Wildman–Crippen MR) is 154 cm³/mol. The zero-order valence-corrected chi connectivity index (χ0v) is 20.5. The normalized spacial score (nSPS) is 12.1. The molecule has 0 unspecified atom stereocenters. The second kappa shape index (κ2) is 8.22. The minimum atomic E-state index is 0.866. The Morgan fingerprint density at radius 1 is 0.263 bits per heavy atom. The van der Waals surface area contributed by atoms with E-state index in [-0.39, 0.29) is 0 Å². The monoisotopic (exact) mass is 486 g/mol. The molecule has 0 N–H and O–H groups in total. The van der Waals surface area contributed by atoms with Crippen LogP contribution in [0.4, 0.5) is 0 Å². The van der Waals surface area contributed by atoms with Gasteiger partial charge in [-0.25, -0.2) is 0 Å². The lowest BCUT2D eigenvalue weighted by Gasteiger charge is -2.14. The highest BCUT2D eigenvalue weighted by Gasteiger charge is 2.23. The van der Waals surface area contributed by atoms with Crippen molar-refractivity contribution in [3.63, 3.8) is 0 Å². The van der Waals surface area contributed by atoms with E-state index in [9.17, 15) is 0 Å². The van der Waals surface area contributed by atoms with E-state index in [0.717, 1.165) is 56.4 Å². The third-order valence-electron chi connectivity index (χ3n) is 7.52. The fourth-order valence-electron chi connectivity index (χ4n) is 5.72. The van der Waals surface area contributed by atoms with Crippen LogP contribution in [0.2, 0.25) is 0 Å². The Hall–Kier alpha value is -5.08. The maximum absolute atomic E-state index is 6.45. The lowest BCUT2D eigenvalue weighted by molar-refractivity contribution is 0.487. The van der Waals surface area contributed by atoms with Crippen LogP contribution in [-0.2, 0) is 0 Å². The first-order valence-corrected chi connectivity index (χ1v) is 12.9. The highest BCUT2D eigenvalue weighted by atomic mass is 16.5. The van der Waals surface area contributed by atoms with Gasteiger partial charge in [0.2, 0.25) is 0 Å². The van der Waals surface area contributed by atoms with Gasteiger partial charge in [0.1, 0.15) is 23.0 Å². The second-order valence-electron chi connectivity index (χ2n) is 9.71. The van der Waals surface area contributed by atoms with Crippen LogP contribution in [0.15, 0.2) is 133 Å². The van der Waals surface area contributed by atoms with Crippen molar-refractivity contribution < 1.29 is 9.47 Å². The maximum atomic E-state index is 6.45. The summed E-state index contributed by atoms with van der Waals surface area (Å²) in [6.45, 7) is 0. The molecule has 2 aliphatic rings. The summed E-state index contributed by atoms with van der Waals surface area (Å²) in [5.74, 6) is 3.49. The minimum Gasteiger partial charge on any atom is -0.456 e. The van der Waals surface area contributed by atoms with Gasteiger partial charge in [0.15, 0.2) is 0 Å². The topological polar surface area (TPSA) is 18.5 Å². The van der Waals surface area contributed by atoms with E-state index in [1.54, 1.807) is 0 Å². The number of rotatable bonds is 1. The van der Waals surface area contributed by atoms with Crippen molar-refractivity contribution >= 4 is 0 Å². The summed E-state index contributed by atoms with van der Waals surface area (Å²) in [6, 6.07) is 46.6. The van der Waals surface area contributed by atoms with Gasteiger partial charge in [-0.15, -0.1) is 0 Å². The van der Waals surface area contributed by atoms with Gasteiger partial charge in [-0.05, 0) is 69.8 Å².